The summed E-state index contributed by atoms with van der Waals surface area (Å²) in [5.41, 5.74) is 3.44. The second-order valence-electron chi connectivity index (χ2n) is 9.05. The fraction of sp³-hybridized carbons (Fsp3) is 0.250. The van der Waals surface area contributed by atoms with E-state index in [1.165, 1.54) is 29.8 Å². The van der Waals surface area contributed by atoms with Crippen molar-refractivity contribution in [1.29, 1.82) is 0 Å². The number of aromatic nitrogens is 2. The summed E-state index contributed by atoms with van der Waals surface area (Å²) in [5.74, 6) is -0.925. The molecule has 0 aliphatic carbocycles. The van der Waals surface area contributed by atoms with Gasteiger partial charge in [-0.25, -0.2) is 4.39 Å². The second-order valence-corrected chi connectivity index (χ2v) is 9.05. The molecule has 1 aliphatic heterocycles. The van der Waals surface area contributed by atoms with Gasteiger partial charge in [0.2, 0.25) is 5.91 Å². The quantitative estimate of drug-likeness (QED) is 0.421. The highest BCUT2D eigenvalue weighted by Gasteiger charge is 2.30. The summed E-state index contributed by atoms with van der Waals surface area (Å²) < 4.78 is 13.4. The Morgan fingerprint density at radius 2 is 1.69 bits per heavy atom. The van der Waals surface area contributed by atoms with Gasteiger partial charge in [-0.2, -0.15) is 0 Å². The minimum Gasteiger partial charge on any atom is -0.361 e. The van der Waals surface area contributed by atoms with Crippen LogP contribution in [-0.4, -0.2) is 63.8 Å². The number of amides is 2. The Morgan fingerprint density at radius 1 is 0.972 bits per heavy atom. The maximum Gasteiger partial charge on any atom is 0.251 e. The maximum atomic E-state index is 13.7. The van der Waals surface area contributed by atoms with Crippen molar-refractivity contribution >= 4 is 22.7 Å². The molecule has 2 N–H and O–H groups in total. The molecule has 8 heteroatoms. The molecule has 2 amide bonds. The maximum absolute atomic E-state index is 13.7. The number of halogens is 1. The van der Waals surface area contributed by atoms with Crippen molar-refractivity contribution < 1.29 is 14.0 Å². The highest BCUT2D eigenvalue weighted by Crippen LogP contribution is 2.20. The number of carbonyl (C=O) groups is 2. The zero-order valence-electron chi connectivity index (χ0n) is 19.9. The van der Waals surface area contributed by atoms with Gasteiger partial charge in [-0.1, -0.05) is 18.2 Å². The molecule has 0 bridgehead atoms. The molecule has 5 rings (SSSR count). The molecule has 2 aromatic heterocycles. The number of H-pyrrole nitrogens is 1. The molecular formula is C28H28FN5O2. The Labute approximate surface area is 208 Å². The van der Waals surface area contributed by atoms with Crippen LogP contribution in [0.1, 0.15) is 21.5 Å². The first kappa shape index (κ1) is 23.7. The van der Waals surface area contributed by atoms with Crippen LogP contribution in [0, 0.1) is 5.82 Å². The second kappa shape index (κ2) is 10.7. The van der Waals surface area contributed by atoms with E-state index >= 15 is 0 Å². The molecule has 3 heterocycles. The van der Waals surface area contributed by atoms with Crippen molar-refractivity contribution in [3.05, 3.63) is 102 Å². The number of fused-ring (bicyclic) bond motifs is 1. The van der Waals surface area contributed by atoms with Crippen LogP contribution in [0.2, 0.25) is 0 Å². The zero-order valence-corrected chi connectivity index (χ0v) is 19.9. The number of rotatable bonds is 7. The van der Waals surface area contributed by atoms with Crippen LogP contribution < -0.4 is 5.32 Å². The molecule has 1 saturated heterocycles. The van der Waals surface area contributed by atoms with E-state index in [4.69, 9.17) is 0 Å². The predicted octanol–water partition coefficient (Wildman–Crippen LogP) is 3.39. The van der Waals surface area contributed by atoms with E-state index in [2.05, 4.69) is 20.2 Å². The van der Waals surface area contributed by atoms with Gasteiger partial charge in [0.25, 0.3) is 5.91 Å². The lowest BCUT2D eigenvalue weighted by Gasteiger charge is -2.36. The number of hydrogen-bond donors (Lipinski definition) is 2. The van der Waals surface area contributed by atoms with Crippen LogP contribution in [0.25, 0.3) is 10.9 Å². The number of pyridine rings is 1. The van der Waals surface area contributed by atoms with Crippen LogP contribution in [0.5, 0.6) is 0 Å². The average molecular weight is 486 g/mol. The molecule has 4 aromatic rings. The van der Waals surface area contributed by atoms with Crippen molar-refractivity contribution in [3.63, 3.8) is 0 Å². The Bertz CT molecular complexity index is 1330. The molecular weight excluding hydrogens is 457 g/mol. The fourth-order valence-electron chi connectivity index (χ4n) is 4.66. The van der Waals surface area contributed by atoms with Crippen LogP contribution in [-0.2, 0) is 17.8 Å². The van der Waals surface area contributed by atoms with Crippen LogP contribution in [0.3, 0.4) is 0 Å². The van der Waals surface area contributed by atoms with E-state index in [-0.39, 0.29) is 5.91 Å². The van der Waals surface area contributed by atoms with Gasteiger partial charge < -0.3 is 15.2 Å². The van der Waals surface area contributed by atoms with E-state index in [0.717, 1.165) is 36.1 Å². The van der Waals surface area contributed by atoms with Gasteiger partial charge in [-0.05, 0) is 53.6 Å². The summed E-state index contributed by atoms with van der Waals surface area (Å²) in [6, 6.07) is 16.5. The minimum atomic E-state index is -0.742. The minimum absolute atomic E-state index is 0.112. The van der Waals surface area contributed by atoms with Crippen molar-refractivity contribution in [3.8, 4) is 0 Å². The first-order valence-electron chi connectivity index (χ1n) is 12.1. The highest BCUT2D eigenvalue weighted by molar-refractivity contribution is 5.98. The lowest BCUT2D eigenvalue weighted by molar-refractivity contribution is -0.135. The molecule has 2 aromatic carbocycles. The SMILES string of the molecule is O=C(N[C@@H](Cc1c[nH]c2ccccc12)C(=O)N1CCN(Cc2ccncc2)CC1)c1ccc(F)cc1. The van der Waals surface area contributed by atoms with Gasteiger partial charge in [0.15, 0.2) is 0 Å². The Kier molecular flexibility index (Phi) is 7.04. The monoisotopic (exact) mass is 485 g/mol. The van der Waals surface area contributed by atoms with E-state index in [0.29, 0.717) is 25.1 Å². The third kappa shape index (κ3) is 5.44. The smallest absolute Gasteiger partial charge is 0.251 e. The summed E-state index contributed by atoms with van der Waals surface area (Å²) in [7, 11) is 0. The highest BCUT2D eigenvalue weighted by atomic mass is 19.1. The van der Waals surface area contributed by atoms with Gasteiger partial charge >= 0.3 is 0 Å². The number of piperazine rings is 1. The predicted molar refractivity (Wildman–Crippen MR) is 136 cm³/mol. The van der Waals surface area contributed by atoms with E-state index in [9.17, 15) is 14.0 Å². The zero-order chi connectivity index (χ0) is 24.9. The fourth-order valence-corrected chi connectivity index (χ4v) is 4.66. The molecule has 1 fully saturated rings. The summed E-state index contributed by atoms with van der Waals surface area (Å²) in [6.45, 7) is 3.48. The lowest BCUT2D eigenvalue weighted by Crippen LogP contribution is -2.55. The van der Waals surface area contributed by atoms with Crippen LogP contribution in [0.4, 0.5) is 4.39 Å². The van der Waals surface area contributed by atoms with Crippen LogP contribution >= 0.6 is 0 Å². The van der Waals surface area contributed by atoms with Crippen molar-refractivity contribution in [2.45, 2.75) is 19.0 Å². The third-order valence-corrected chi connectivity index (χ3v) is 6.65. The third-order valence-electron chi connectivity index (χ3n) is 6.65. The lowest BCUT2D eigenvalue weighted by atomic mass is 10.0. The number of para-hydroxylation sites is 1. The van der Waals surface area contributed by atoms with E-state index in [1.54, 1.807) is 12.4 Å². The average Bonchev–Trinajstić information content (AvgIpc) is 3.32. The Hall–Kier alpha value is -4.04. The van der Waals surface area contributed by atoms with Gasteiger partial charge in [0.1, 0.15) is 11.9 Å². The van der Waals surface area contributed by atoms with Gasteiger partial charge in [0, 0.05) is 74.2 Å². The summed E-state index contributed by atoms with van der Waals surface area (Å²) in [4.78, 5) is 38.1. The largest absolute Gasteiger partial charge is 0.361 e. The summed E-state index contributed by atoms with van der Waals surface area (Å²) in [5, 5.41) is 3.94. The molecule has 1 atom stereocenters. The molecule has 0 unspecified atom stereocenters. The van der Waals surface area contributed by atoms with E-state index < -0.39 is 17.8 Å². The van der Waals surface area contributed by atoms with Gasteiger partial charge in [-0.15, -0.1) is 0 Å². The number of carbonyl (C=O) groups excluding carboxylic acids is 2. The van der Waals surface area contributed by atoms with E-state index in [1.807, 2.05) is 47.5 Å². The first-order valence-corrected chi connectivity index (χ1v) is 12.1. The summed E-state index contributed by atoms with van der Waals surface area (Å²) in [6.07, 6.45) is 5.82. The van der Waals surface area contributed by atoms with Crippen molar-refractivity contribution in [2.75, 3.05) is 26.2 Å². The molecule has 184 valence electrons. The molecule has 0 spiro atoms. The molecule has 7 nitrogen and oxygen atoms in total. The number of nitrogens with zero attached hydrogens (tertiary/aromatic N) is 3. The number of benzene rings is 2. The molecule has 0 saturated carbocycles. The van der Waals surface area contributed by atoms with Gasteiger partial charge in [-0.3, -0.25) is 19.5 Å². The Morgan fingerprint density at radius 3 is 2.44 bits per heavy atom. The normalized spacial score (nSPS) is 15.1. The number of hydrogen-bond acceptors (Lipinski definition) is 4. The topological polar surface area (TPSA) is 81.3 Å². The standard InChI is InChI=1S/C28H28FN5O2/c29-23-7-5-21(6-8-23)27(35)32-26(17-22-18-31-25-4-2-1-3-24(22)25)28(36)34-15-13-33(14-16-34)19-20-9-11-30-12-10-20/h1-12,18,26,31H,13-17,19H2,(H,32,35)/t26-/m0/s1. The summed E-state index contributed by atoms with van der Waals surface area (Å²) >= 11 is 0. The number of aromatic amines is 1. The molecule has 36 heavy (non-hydrogen) atoms. The number of nitrogens with one attached hydrogen (secondary N) is 2. The Balaban J connectivity index is 1.30. The van der Waals surface area contributed by atoms with Gasteiger partial charge in [0.05, 0.1) is 0 Å². The van der Waals surface area contributed by atoms with Crippen molar-refractivity contribution in [2.24, 2.45) is 0 Å². The first-order chi connectivity index (χ1) is 17.6. The van der Waals surface area contributed by atoms with Crippen molar-refractivity contribution in [1.82, 2.24) is 25.1 Å². The molecule has 0 radical (unpaired) electrons. The van der Waals surface area contributed by atoms with Crippen LogP contribution in [0.15, 0.2) is 79.3 Å². The molecule has 1 aliphatic rings.